The molecular weight excluding hydrogens is 279 g/mol. The van der Waals surface area contributed by atoms with E-state index in [2.05, 4.69) is 4.98 Å². The van der Waals surface area contributed by atoms with E-state index in [0.29, 0.717) is 24.5 Å². The van der Waals surface area contributed by atoms with Gasteiger partial charge in [-0.1, -0.05) is 12.1 Å². The molecule has 0 unspecified atom stereocenters. The van der Waals surface area contributed by atoms with Gasteiger partial charge in [-0.3, -0.25) is 4.79 Å². The lowest BCUT2D eigenvalue weighted by Crippen LogP contribution is -2.35. The summed E-state index contributed by atoms with van der Waals surface area (Å²) in [5.41, 5.74) is 1.04. The van der Waals surface area contributed by atoms with Gasteiger partial charge in [0.05, 0.1) is 24.4 Å². The van der Waals surface area contributed by atoms with Crippen LogP contribution in [0.1, 0.15) is 25.9 Å². The maximum absolute atomic E-state index is 13.7. The summed E-state index contributed by atoms with van der Waals surface area (Å²) in [5, 5.41) is 9.76. The molecule has 1 aliphatic rings. The van der Waals surface area contributed by atoms with Gasteiger partial charge in [0.15, 0.2) is 0 Å². The molecule has 0 radical (unpaired) electrons. The maximum Gasteiger partial charge on any atom is 0.257 e. The first-order valence-corrected chi connectivity index (χ1v) is 7.13. The highest BCUT2D eigenvalue weighted by atomic mass is 32.1. The van der Waals surface area contributed by atoms with E-state index in [4.69, 9.17) is 5.11 Å². The highest BCUT2D eigenvalue weighted by Crippen LogP contribution is 2.26. The molecule has 0 fully saturated rings. The van der Waals surface area contributed by atoms with E-state index >= 15 is 0 Å². The zero-order chi connectivity index (χ0) is 14.1. The second-order valence-corrected chi connectivity index (χ2v) is 5.76. The van der Waals surface area contributed by atoms with Gasteiger partial charge in [-0.05, 0) is 12.1 Å². The standard InChI is InChI=1S/C14H13FN2O2S/c15-10-4-2-1-3-9(10)14(19)17-6-5-11-12(7-17)20-13(8-18)16-11/h1-4,18H,5-8H2. The van der Waals surface area contributed by atoms with Crippen molar-refractivity contribution < 1.29 is 14.3 Å². The first kappa shape index (κ1) is 13.2. The van der Waals surface area contributed by atoms with Crippen LogP contribution in [0.3, 0.4) is 0 Å². The molecule has 4 nitrogen and oxygen atoms in total. The molecule has 2 heterocycles. The van der Waals surface area contributed by atoms with Crippen LogP contribution in [0.15, 0.2) is 24.3 Å². The Bertz CT molecular complexity index is 656. The van der Waals surface area contributed by atoms with Crippen LogP contribution in [0, 0.1) is 5.82 Å². The van der Waals surface area contributed by atoms with Crippen molar-refractivity contribution in [1.29, 1.82) is 0 Å². The Morgan fingerprint density at radius 2 is 2.25 bits per heavy atom. The van der Waals surface area contributed by atoms with Gasteiger partial charge >= 0.3 is 0 Å². The van der Waals surface area contributed by atoms with Gasteiger partial charge in [0.25, 0.3) is 5.91 Å². The van der Waals surface area contributed by atoms with Gasteiger partial charge < -0.3 is 10.0 Å². The second kappa shape index (κ2) is 5.30. The Morgan fingerprint density at radius 3 is 3.00 bits per heavy atom. The number of nitrogens with zero attached hydrogens (tertiary/aromatic N) is 2. The van der Waals surface area contributed by atoms with Crippen LogP contribution >= 0.6 is 11.3 Å². The topological polar surface area (TPSA) is 53.4 Å². The molecule has 3 rings (SSSR count). The number of hydrogen-bond acceptors (Lipinski definition) is 4. The monoisotopic (exact) mass is 292 g/mol. The van der Waals surface area contributed by atoms with Gasteiger partial charge in [-0.2, -0.15) is 0 Å². The van der Waals surface area contributed by atoms with Crippen LogP contribution in [0.2, 0.25) is 0 Å². The summed E-state index contributed by atoms with van der Waals surface area (Å²) in [4.78, 5) is 19.2. The minimum Gasteiger partial charge on any atom is -0.389 e. The molecule has 0 saturated heterocycles. The molecule has 6 heteroatoms. The second-order valence-electron chi connectivity index (χ2n) is 4.59. The number of rotatable bonds is 2. The zero-order valence-electron chi connectivity index (χ0n) is 10.7. The predicted octanol–water partition coefficient (Wildman–Crippen LogP) is 1.97. The van der Waals surface area contributed by atoms with Gasteiger partial charge in [0.2, 0.25) is 0 Å². The smallest absolute Gasteiger partial charge is 0.257 e. The molecule has 1 aromatic heterocycles. The van der Waals surface area contributed by atoms with Crippen molar-refractivity contribution in [3.05, 3.63) is 51.2 Å². The number of carbonyl (C=O) groups excluding carboxylic acids is 1. The molecule has 1 N–H and O–H groups in total. The molecule has 1 aromatic carbocycles. The van der Waals surface area contributed by atoms with E-state index < -0.39 is 5.82 Å². The minimum atomic E-state index is -0.497. The molecule has 0 atom stereocenters. The largest absolute Gasteiger partial charge is 0.389 e. The van der Waals surface area contributed by atoms with E-state index in [-0.39, 0.29) is 18.1 Å². The van der Waals surface area contributed by atoms with Crippen molar-refractivity contribution in [3.63, 3.8) is 0 Å². The van der Waals surface area contributed by atoms with Gasteiger partial charge in [0, 0.05) is 17.8 Å². The summed E-state index contributed by atoms with van der Waals surface area (Å²) >= 11 is 1.41. The molecular formula is C14H13FN2O2S. The van der Waals surface area contributed by atoms with Crippen molar-refractivity contribution in [2.24, 2.45) is 0 Å². The molecule has 2 aromatic rings. The fourth-order valence-electron chi connectivity index (χ4n) is 2.29. The summed E-state index contributed by atoms with van der Waals surface area (Å²) in [6.45, 7) is 0.869. The summed E-state index contributed by atoms with van der Waals surface area (Å²) in [7, 11) is 0. The van der Waals surface area contributed by atoms with Gasteiger partial charge in [-0.15, -0.1) is 11.3 Å². The number of halogens is 1. The van der Waals surface area contributed by atoms with Crippen LogP contribution < -0.4 is 0 Å². The summed E-state index contributed by atoms with van der Waals surface area (Å²) in [5.74, 6) is -0.795. The highest BCUT2D eigenvalue weighted by molar-refractivity contribution is 7.11. The number of thiazole rings is 1. The number of benzene rings is 1. The summed E-state index contributed by atoms with van der Waals surface area (Å²) < 4.78 is 13.7. The minimum absolute atomic E-state index is 0.0844. The summed E-state index contributed by atoms with van der Waals surface area (Å²) in [6, 6.07) is 6.01. The molecule has 0 bridgehead atoms. The van der Waals surface area contributed by atoms with Crippen LogP contribution in [-0.2, 0) is 19.6 Å². The predicted molar refractivity (Wildman–Crippen MR) is 72.9 cm³/mol. The molecule has 0 aliphatic carbocycles. The Balaban J connectivity index is 1.83. The number of carbonyl (C=O) groups is 1. The third kappa shape index (κ3) is 2.32. The van der Waals surface area contributed by atoms with Crippen LogP contribution in [0.25, 0.3) is 0 Å². The van der Waals surface area contributed by atoms with Crippen molar-refractivity contribution in [2.45, 2.75) is 19.6 Å². The SMILES string of the molecule is O=C(c1ccccc1F)N1CCc2nc(CO)sc2C1. The van der Waals surface area contributed by atoms with Crippen molar-refractivity contribution in [1.82, 2.24) is 9.88 Å². The average Bonchev–Trinajstić information content (AvgIpc) is 2.89. The molecule has 0 spiro atoms. The Morgan fingerprint density at radius 1 is 1.45 bits per heavy atom. The number of aliphatic hydroxyl groups is 1. The summed E-state index contributed by atoms with van der Waals surface area (Å²) in [6.07, 6.45) is 0.645. The van der Waals surface area contributed by atoms with Crippen LogP contribution in [-0.4, -0.2) is 27.4 Å². The number of aromatic nitrogens is 1. The lowest BCUT2D eigenvalue weighted by molar-refractivity contribution is 0.0731. The Labute approximate surface area is 119 Å². The van der Waals surface area contributed by atoms with Gasteiger partial charge in [-0.25, -0.2) is 9.37 Å². The molecule has 1 aliphatic heterocycles. The molecule has 0 saturated carbocycles. The first-order chi connectivity index (χ1) is 9.69. The van der Waals surface area contributed by atoms with E-state index in [1.54, 1.807) is 17.0 Å². The van der Waals surface area contributed by atoms with Crippen LogP contribution in [0.5, 0.6) is 0 Å². The molecule has 20 heavy (non-hydrogen) atoms. The van der Waals surface area contributed by atoms with Crippen molar-refractivity contribution in [3.8, 4) is 0 Å². The van der Waals surface area contributed by atoms with Crippen LogP contribution in [0.4, 0.5) is 4.39 Å². The Kier molecular flexibility index (Phi) is 3.50. The van der Waals surface area contributed by atoms with E-state index in [1.165, 1.54) is 23.5 Å². The molecule has 104 valence electrons. The van der Waals surface area contributed by atoms with Crippen molar-refractivity contribution in [2.75, 3.05) is 6.54 Å². The first-order valence-electron chi connectivity index (χ1n) is 6.31. The Hall–Kier alpha value is -1.79. The fourth-order valence-corrected chi connectivity index (χ4v) is 3.29. The van der Waals surface area contributed by atoms with E-state index in [9.17, 15) is 9.18 Å². The van der Waals surface area contributed by atoms with E-state index in [0.717, 1.165) is 10.6 Å². The van der Waals surface area contributed by atoms with Crippen molar-refractivity contribution >= 4 is 17.2 Å². The third-order valence-corrected chi connectivity index (χ3v) is 4.37. The third-order valence-electron chi connectivity index (χ3n) is 3.30. The molecule has 1 amide bonds. The quantitative estimate of drug-likeness (QED) is 0.920. The normalized spacial score (nSPS) is 14.2. The highest BCUT2D eigenvalue weighted by Gasteiger charge is 2.26. The maximum atomic E-state index is 13.7. The fraction of sp³-hybridized carbons (Fsp3) is 0.286. The number of amides is 1. The zero-order valence-corrected chi connectivity index (χ0v) is 11.5. The lowest BCUT2D eigenvalue weighted by atomic mass is 10.1. The van der Waals surface area contributed by atoms with E-state index in [1.807, 2.05) is 0 Å². The number of aliphatic hydroxyl groups excluding tert-OH is 1. The average molecular weight is 292 g/mol. The number of fused-ring (bicyclic) bond motifs is 1. The number of hydrogen-bond donors (Lipinski definition) is 1. The lowest BCUT2D eigenvalue weighted by Gasteiger charge is -2.26. The van der Waals surface area contributed by atoms with Gasteiger partial charge in [0.1, 0.15) is 10.8 Å².